The molecule has 1 atom stereocenters. The monoisotopic (exact) mass is 628 g/mol. The van der Waals surface area contributed by atoms with Crippen LogP contribution in [0.5, 0.6) is 0 Å². The molecule has 0 bridgehead atoms. The second kappa shape index (κ2) is 11.0. The number of hydrogen-bond acceptors (Lipinski definition) is 4. The van der Waals surface area contributed by atoms with Gasteiger partial charge in [0, 0.05) is 11.5 Å². The summed E-state index contributed by atoms with van der Waals surface area (Å²) in [6, 6.07) is 31.3. The molecule has 4 heteroatoms. The highest BCUT2D eigenvalue weighted by atomic mass is 32.1. The van der Waals surface area contributed by atoms with Crippen LogP contribution < -0.4 is 10.4 Å². The largest absolute Gasteiger partial charge is 0.236 e. The molecular weight excluding hydrogens is 597 g/mol. The van der Waals surface area contributed by atoms with Gasteiger partial charge in [0.05, 0.1) is 20.4 Å². The fraction of sp³-hybridized carbons (Fsp3) is 0.143. The summed E-state index contributed by atoms with van der Waals surface area (Å²) in [6.07, 6.45) is 14.7. The van der Waals surface area contributed by atoms with Crippen LogP contribution in [0.4, 0.5) is 0 Å². The summed E-state index contributed by atoms with van der Waals surface area (Å²) in [6.45, 7) is 4.29. The smallest absolute Gasteiger partial charge is 0.124 e. The maximum Gasteiger partial charge on any atom is 0.124 e. The summed E-state index contributed by atoms with van der Waals surface area (Å²) < 4.78 is 2.52. The molecule has 0 fully saturated rings. The van der Waals surface area contributed by atoms with Crippen molar-refractivity contribution in [2.45, 2.75) is 33.1 Å². The third-order valence-corrected chi connectivity index (χ3v) is 11.7. The Labute approximate surface area is 276 Å². The lowest BCUT2D eigenvalue weighted by Gasteiger charge is -2.32. The van der Waals surface area contributed by atoms with Crippen molar-refractivity contribution in [3.63, 3.8) is 0 Å². The molecule has 1 unspecified atom stereocenters. The normalized spacial score (nSPS) is 17.5. The lowest BCUT2D eigenvalue weighted by Crippen LogP contribution is -2.38. The van der Waals surface area contributed by atoms with Crippen molar-refractivity contribution in [1.29, 1.82) is 0 Å². The van der Waals surface area contributed by atoms with E-state index in [1.807, 2.05) is 11.3 Å². The Kier molecular flexibility index (Phi) is 6.62. The van der Waals surface area contributed by atoms with Crippen LogP contribution in [0.2, 0.25) is 0 Å². The Hall–Kier alpha value is -4.64. The van der Waals surface area contributed by atoms with Gasteiger partial charge in [0.15, 0.2) is 0 Å². The number of benzene rings is 4. The summed E-state index contributed by atoms with van der Waals surface area (Å²) in [7, 11) is 0. The van der Waals surface area contributed by atoms with E-state index in [2.05, 4.69) is 129 Å². The molecule has 2 nitrogen and oxygen atoms in total. The van der Waals surface area contributed by atoms with Gasteiger partial charge in [-0.2, -0.15) is 0 Å². The predicted molar refractivity (Wildman–Crippen MR) is 196 cm³/mol. The molecule has 0 aliphatic heterocycles. The third kappa shape index (κ3) is 4.67. The molecular formula is C42H32N2S2. The first-order valence-corrected chi connectivity index (χ1v) is 17.7. The van der Waals surface area contributed by atoms with Crippen LogP contribution in [0.1, 0.15) is 41.0 Å². The van der Waals surface area contributed by atoms with E-state index in [0.717, 1.165) is 40.3 Å². The van der Waals surface area contributed by atoms with Gasteiger partial charge < -0.3 is 0 Å². The van der Waals surface area contributed by atoms with Crippen LogP contribution in [-0.4, -0.2) is 9.97 Å². The molecule has 0 spiro atoms. The highest BCUT2D eigenvalue weighted by Gasteiger charge is 2.30. The fourth-order valence-corrected chi connectivity index (χ4v) is 9.48. The van der Waals surface area contributed by atoms with Crippen LogP contribution in [0.3, 0.4) is 0 Å². The summed E-state index contributed by atoms with van der Waals surface area (Å²) in [5.74, 6) is 0.324. The van der Waals surface area contributed by atoms with E-state index < -0.39 is 0 Å². The number of rotatable bonds is 4. The third-order valence-electron chi connectivity index (χ3n) is 9.56. The van der Waals surface area contributed by atoms with Crippen molar-refractivity contribution in [3.05, 3.63) is 159 Å². The molecule has 222 valence electrons. The van der Waals surface area contributed by atoms with Gasteiger partial charge in [-0.05, 0) is 112 Å². The number of nitrogens with zero attached hydrogens (tertiary/aromatic N) is 2. The number of aryl methyl sites for hydroxylation is 2. The van der Waals surface area contributed by atoms with Crippen molar-refractivity contribution < 1.29 is 0 Å². The maximum atomic E-state index is 4.99. The Morgan fingerprint density at radius 3 is 1.98 bits per heavy atom. The van der Waals surface area contributed by atoms with Crippen molar-refractivity contribution in [2.24, 2.45) is 5.92 Å². The average molecular weight is 629 g/mol. The second-order valence-corrected chi connectivity index (χ2v) is 14.7. The zero-order chi connectivity index (χ0) is 30.8. The molecule has 0 amide bonds. The van der Waals surface area contributed by atoms with Crippen LogP contribution in [0, 0.1) is 19.8 Å². The molecule has 0 saturated heterocycles. The molecule has 2 aromatic heterocycles. The average Bonchev–Trinajstić information content (AvgIpc) is 3.71. The second-order valence-electron chi connectivity index (χ2n) is 12.6. The quantitative estimate of drug-likeness (QED) is 0.194. The molecule has 3 aliphatic carbocycles. The van der Waals surface area contributed by atoms with Crippen molar-refractivity contribution in [3.8, 4) is 10.6 Å². The van der Waals surface area contributed by atoms with Gasteiger partial charge in [0.1, 0.15) is 10.0 Å². The van der Waals surface area contributed by atoms with Gasteiger partial charge in [0.25, 0.3) is 0 Å². The minimum absolute atomic E-state index is 0.324. The van der Waals surface area contributed by atoms with Crippen molar-refractivity contribution in [1.82, 2.24) is 9.97 Å². The Morgan fingerprint density at radius 1 is 0.630 bits per heavy atom. The van der Waals surface area contributed by atoms with E-state index in [1.165, 1.54) is 70.0 Å². The highest BCUT2D eigenvalue weighted by molar-refractivity contribution is 7.21. The van der Waals surface area contributed by atoms with Gasteiger partial charge in [-0.3, -0.25) is 0 Å². The van der Waals surface area contributed by atoms with E-state index in [0.29, 0.717) is 5.92 Å². The molecule has 0 N–H and O–H groups in total. The zero-order valence-corrected chi connectivity index (χ0v) is 27.5. The predicted octanol–water partition coefficient (Wildman–Crippen LogP) is 9.86. The summed E-state index contributed by atoms with van der Waals surface area (Å²) in [5, 5.41) is 4.94. The van der Waals surface area contributed by atoms with Crippen molar-refractivity contribution >= 4 is 59.8 Å². The minimum atomic E-state index is 0.324. The van der Waals surface area contributed by atoms with Gasteiger partial charge in [-0.25, -0.2) is 9.97 Å². The lowest BCUT2D eigenvalue weighted by atomic mass is 9.71. The first-order valence-electron chi connectivity index (χ1n) is 16.1. The summed E-state index contributed by atoms with van der Waals surface area (Å²) in [5.41, 5.74) is 14.3. The number of aromatic nitrogens is 2. The SMILES string of the molecule is Cc1ccc2nc(C3=CC=C(C4=c5ccccc5=C(c5ccc(-c6nc7ccc(C)cc7s6)cc5)C5CC=CC=C45)CC3)sc2c1. The van der Waals surface area contributed by atoms with E-state index >= 15 is 0 Å². The molecule has 4 aromatic carbocycles. The Morgan fingerprint density at radius 2 is 1.26 bits per heavy atom. The molecule has 0 saturated carbocycles. The zero-order valence-electron chi connectivity index (χ0n) is 25.9. The van der Waals surface area contributed by atoms with E-state index in [9.17, 15) is 0 Å². The first kappa shape index (κ1) is 27.7. The minimum Gasteiger partial charge on any atom is -0.236 e. The number of fused-ring (bicyclic) bond motifs is 4. The molecule has 2 heterocycles. The van der Waals surface area contributed by atoms with Crippen molar-refractivity contribution in [2.75, 3.05) is 0 Å². The summed E-state index contributed by atoms with van der Waals surface area (Å²) in [4.78, 5) is 9.93. The molecule has 0 radical (unpaired) electrons. The van der Waals surface area contributed by atoms with E-state index in [-0.39, 0.29) is 0 Å². The molecule has 9 rings (SSSR count). The first-order chi connectivity index (χ1) is 22.6. The van der Waals surface area contributed by atoms with Gasteiger partial charge in [0.2, 0.25) is 0 Å². The standard InChI is InChI=1S/C42H32N2S2/c1-25-11-21-35-37(23-25)45-41(43-35)29-17-13-27(14-18-29)39-31-7-3-5-9-33(31)40(34-10-6-4-8-32(34)39)28-15-19-30(20-16-28)42-44-36-22-12-26(2)24-38(36)46-42/h3-9,11-13,15-17,19-24,34H,10,14,18H2,1-2H3. The maximum absolute atomic E-state index is 4.99. The highest BCUT2D eigenvalue weighted by Crippen LogP contribution is 2.44. The van der Waals surface area contributed by atoms with Gasteiger partial charge in [-0.1, -0.05) is 91.0 Å². The number of hydrogen-bond donors (Lipinski definition) is 0. The van der Waals surface area contributed by atoms with Gasteiger partial charge in [-0.15, -0.1) is 22.7 Å². The lowest BCUT2D eigenvalue weighted by molar-refractivity contribution is 0.793. The number of thiazole rings is 2. The molecule has 6 aromatic rings. The molecule has 46 heavy (non-hydrogen) atoms. The van der Waals surface area contributed by atoms with Crippen LogP contribution in [-0.2, 0) is 0 Å². The van der Waals surface area contributed by atoms with Crippen LogP contribution in [0.15, 0.2) is 126 Å². The molecule has 3 aliphatic rings. The van der Waals surface area contributed by atoms with Crippen LogP contribution in [0.25, 0.3) is 47.7 Å². The Balaban J connectivity index is 1.15. The topological polar surface area (TPSA) is 25.8 Å². The Bertz CT molecular complexity index is 2460. The summed E-state index contributed by atoms with van der Waals surface area (Å²) >= 11 is 3.59. The fourth-order valence-electron chi connectivity index (χ4n) is 7.30. The van der Waals surface area contributed by atoms with Gasteiger partial charge >= 0.3 is 0 Å². The number of allylic oxidation sites excluding steroid dienone is 8. The van der Waals surface area contributed by atoms with E-state index in [1.54, 1.807) is 11.3 Å². The van der Waals surface area contributed by atoms with Crippen LogP contribution >= 0.6 is 22.7 Å². The van der Waals surface area contributed by atoms with E-state index in [4.69, 9.17) is 9.97 Å².